The van der Waals surface area contributed by atoms with Crippen molar-refractivity contribution in [3.05, 3.63) is 0 Å². The van der Waals surface area contributed by atoms with Crippen LogP contribution in [0, 0.1) is 0 Å². The Hall–Kier alpha value is -0.130. The number of sulfone groups is 1. The summed E-state index contributed by atoms with van der Waals surface area (Å²) in [5.41, 5.74) is -0.935. The monoisotopic (exact) mass is 251 g/mol. The highest BCUT2D eigenvalue weighted by atomic mass is 32.2. The van der Waals surface area contributed by atoms with Crippen molar-refractivity contribution in [1.82, 2.24) is 5.32 Å². The van der Waals surface area contributed by atoms with E-state index < -0.39 is 15.4 Å². The van der Waals surface area contributed by atoms with Gasteiger partial charge in [0.25, 0.3) is 0 Å². The van der Waals surface area contributed by atoms with Gasteiger partial charge in [-0.15, -0.1) is 0 Å². The number of hydrogen-bond acceptors (Lipinski definition) is 4. The van der Waals surface area contributed by atoms with Crippen LogP contribution in [-0.4, -0.2) is 43.7 Å². The van der Waals surface area contributed by atoms with Crippen molar-refractivity contribution in [2.75, 3.05) is 24.6 Å². The lowest BCUT2D eigenvalue weighted by Crippen LogP contribution is -2.39. The fourth-order valence-electron chi connectivity index (χ4n) is 1.41. The molecule has 0 rings (SSSR count). The number of hydrogen-bond donors (Lipinski definition) is 2. The molecule has 0 aliphatic carbocycles. The van der Waals surface area contributed by atoms with Crippen molar-refractivity contribution in [3.8, 4) is 0 Å². The summed E-state index contributed by atoms with van der Waals surface area (Å²) in [6, 6.07) is 0. The summed E-state index contributed by atoms with van der Waals surface area (Å²) in [5.74, 6) is 0.285. The van der Waals surface area contributed by atoms with E-state index in [9.17, 15) is 13.5 Å². The van der Waals surface area contributed by atoms with Crippen molar-refractivity contribution in [1.29, 1.82) is 0 Å². The van der Waals surface area contributed by atoms with Crippen molar-refractivity contribution in [3.63, 3.8) is 0 Å². The molecule has 0 fully saturated rings. The third-order valence-corrected chi connectivity index (χ3v) is 4.26. The van der Waals surface area contributed by atoms with Gasteiger partial charge in [-0.05, 0) is 32.7 Å². The minimum atomic E-state index is -2.98. The van der Waals surface area contributed by atoms with Gasteiger partial charge in [-0.1, -0.05) is 13.8 Å². The topological polar surface area (TPSA) is 66.4 Å². The van der Waals surface area contributed by atoms with Crippen LogP contribution < -0.4 is 5.32 Å². The van der Waals surface area contributed by atoms with Crippen LogP contribution in [0.15, 0.2) is 0 Å². The van der Waals surface area contributed by atoms with E-state index in [-0.39, 0.29) is 11.5 Å². The van der Waals surface area contributed by atoms with E-state index in [1.807, 2.05) is 13.8 Å². The molecule has 0 saturated heterocycles. The largest absolute Gasteiger partial charge is 0.389 e. The smallest absolute Gasteiger partial charge is 0.150 e. The molecule has 0 spiro atoms. The molecular formula is C11H25NO3S. The van der Waals surface area contributed by atoms with Gasteiger partial charge in [-0.25, -0.2) is 8.42 Å². The molecular weight excluding hydrogens is 226 g/mol. The van der Waals surface area contributed by atoms with E-state index in [1.54, 1.807) is 6.92 Å². The predicted octanol–water partition coefficient (Wildman–Crippen LogP) is 0.952. The predicted molar refractivity (Wildman–Crippen MR) is 67.3 cm³/mol. The average molecular weight is 251 g/mol. The van der Waals surface area contributed by atoms with Crippen LogP contribution in [0.3, 0.4) is 0 Å². The quantitative estimate of drug-likeness (QED) is 0.599. The first-order valence-corrected chi connectivity index (χ1v) is 7.78. The lowest BCUT2D eigenvalue weighted by molar-refractivity contribution is 0.0568. The first-order chi connectivity index (χ1) is 7.33. The zero-order valence-electron chi connectivity index (χ0n) is 10.6. The Morgan fingerprint density at radius 2 is 1.81 bits per heavy atom. The lowest BCUT2D eigenvalue weighted by Gasteiger charge is -2.23. The van der Waals surface area contributed by atoms with E-state index in [1.165, 1.54) is 0 Å². The van der Waals surface area contributed by atoms with Crippen LogP contribution in [0.25, 0.3) is 0 Å². The van der Waals surface area contributed by atoms with Crippen LogP contribution in [0.1, 0.15) is 40.0 Å². The third-order valence-electron chi connectivity index (χ3n) is 2.40. The summed E-state index contributed by atoms with van der Waals surface area (Å²) in [7, 11) is -2.98. The number of nitrogens with one attached hydrogen (secondary N) is 1. The molecule has 98 valence electrons. The standard InChI is InChI=1S/C11H25NO3S/c1-4-7-12-10-11(3,13)6-9-16(14,15)8-5-2/h12-13H,4-10H2,1-3H3. The Kier molecular flexibility index (Phi) is 7.19. The molecule has 0 aliphatic rings. The van der Waals surface area contributed by atoms with Crippen molar-refractivity contribution in [2.45, 2.75) is 45.6 Å². The maximum atomic E-state index is 11.5. The van der Waals surface area contributed by atoms with Crippen LogP contribution in [0.4, 0.5) is 0 Å². The Morgan fingerprint density at radius 1 is 1.19 bits per heavy atom. The minimum absolute atomic E-state index is 0.0711. The first kappa shape index (κ1) is 15.9. The molecule has 0 radical (unpaired) electrons. The zero-order chi connectivity index (χ0) is 12.7. The summed E-state index contributed by atoms with van der Waals surface area (Å²) >= 11 is 0. The first-order valence-electron chi connectivity index (χ1n) is 5.96. The van der Waals surface area contributed by atoms with Gasteiger partial charge in [-0.3, -0.25) is 0 Å². The SMILES string of the molecule is CCCNCC(C)(O)CCS(=O)(=O)CCC. The molecule has 1 atom stereocenters. The fraction of sp³-hybridized carbons (Fsp3) is 1.00. The van der Waals surface area contributed by atoms with Crippen LogP contribution in [-0.2, 0) is 9.84 Å². The molecule has 4 nitrogen and oxygen atoms in total. The maximum absolute atomic E-state index is 11.5. The second-order valence-corrected chi connectivity index (χ2v) is 6.88. The summed E-state index contributed by atoms with van der Waals surface area (Å²) in [4.78, 5) is 0. The van der Waals surface area contributed by atoms with Gasteiger partial charge in [0.2, 0.25) is 0 Å². The summed E-state index contributed by atoms with van der Waals surface area (Å²) in [6.45, 7) is 6.86. The minimum Gasteiger partial charge on any atom is -0.389 e. The van der Waals surface area contributed by atoms with Crippen LogP contribution in [0.2, 0.25) is 0 Å². The van der Waals surface area contributed by atoms with E-state index in [0.717, 1.165) is 13.0 Å². The second-order valence-electron chi connectivity index (χ2n) is 4.58. The molecule has 0 heterocycles. The van der Waals surface area contributed by atoms with E-state index in [4.69, 9.17) is 0 Å². The molecule has 0 aromatic carbocycles. The lowest BCUT2D eigenvalue weighted by atomic mass is 10.0. The Bertz CT molecular complexity index is 273. The van der Waals surface area contributed by atoms with Gasteiger partial charge < -0.3 is 10.4 Å². The molecule has 0 bridgehead atoms. The molecule has 1 unspecified atom stereocenters. The Balaban J connectivity index is 3.97. The molecule has 0 aromatic heterocycles. The molecule has 2 N–H and O–H groups in total. The molecule has 0 saturated carbocycles. The second kappa shape index (κ2) is 7.25. The van der Waals surface area contributed by atoms with Gasteiger partial charge in [-0.2, -0.15) is 0 Å². The number of rotatable bonds is 9. The zero-order valence-corrected chi connectivity index (χ0v) is 11.4. The maximum Gasteiger partial charge on any atom is 0.150 e. The van der Waals surface area contributed by atoms with E-state index in [2.05, 4.69) is 5.32 Å². The fourth-order valence-corrected chi connectivity index (χ4v) is 2.99. The number of aliphatic hydroxyl groups is 1. The van der Waals surface area contributed by atoms with Gasteiger partial charge in [0.15, 0.2) is 0 Å². The summed E-state index contributed by atoms with van der Waals surface area (Å²) in [6.07, 6.45) is 1.94. The normalized spacial score (nSPS) is 16.0. The third kappa shape index (κ3) is 8.07. The van der Waals surface area contributed by atoms with E-state index >= 15 is 0 Å². The molecule has 0 aromatic rings. The average Bonchev–Trinajstić information content (AvgIpc) is 2.16. The molecule has 5 heteroatoms. The van der Waals surface area contributed by atoms with Gasteiger partial charge >= 0.3 is 0 Å². The highest BCUT2D eigenvalue weighted by molar-refractivity contribution is 7.91. The van der Waals surface area contributed by atoms with Crippen molar-refractivity contribution >= 4 is 9.84 Å². The van der Waals surface area contributed by atoms with Crippen LogP contribution in [0.5, 0.6) is 0 Å². The van der Waals surface area contributed by atoms with Gasteiger partial charge in [0.1, 0.15) is 9.84 Å². The van der Waals surface area contributed by atoms with Crippen molar-refractivity contribution in [2.24, 2.45) is 0 Å². The van der Waals surface area contributed by atoms with Gasteiger partial charge in [0, 0.05) is 12.3 Å². The van der Waals surface area contributed by atoms with Gasteiger partial charge in [0.05, 0.1) is 11.4 Å². The highest BCUT2D eigenvalue weighted by Crippen LogP contribution is 2.10. The molecule has 0 amide bonds. The Morgan fingerprint density at radius 3 is 2.31 bits per heavy atom. The summed E-state index contributed by atoms with van der Waals surface area (Å²) < 4.78 is 23.0. The van der Waals surface area contributed by atoms with Crippen molar-refractivity contribution < 1.29 is 13.5 Å². The Labute approximate surface area is 99.4 Å². The molecule has 0 aliphatic heterocycles. The van der Waals surface area contributed by atoms with E-state index in [0.29, 0.717) is 19.4 Å². The highest BCUT2D eigenvalue weighted by Gasteiger charge is 2.22. The van der Waals surface area contributed by atoms with Crippen LogP contribution >= 0.6 is 0 Å². The summed E-state index contributed by atoms with van der Waals surface area (Å²) in [5, 5.41) is 13.0. The molecule has 16 heavy (non-hydrogen) atoms.